The number of likely N-dealkylation sites (tertiary alicyclic amines) is 1. The molecule has 0 aromatic heterocycles. The molecular formula is C17H22N2O2. The first kappa shape index (κ1) is 15.6. The maximum atomic E-state index is 12.6. The predicted octanol–water partition coefficient (Wildman–Crippen LogP) is 1.56. The van der Waals surface area contributed by atoms with Crippen molar-refractivity contribution in [3.63, 3.8) is 0 Å². The number of amides is 1. The molecule has 0 saturated carbocycles. The summed E-state index contributed by atoms with van der Waals surface area (Å²) in [6.07, 6.45) is 2.14. The molecule has 4 nitrogen and oxygen atoms in total. The van der Waals surface area contributed by atoms with Crippen LogP contribution in [0.1, 0.15) is 34.3 Å². The van der Waals surface area contributed by atoms with E-state index in [1.165, 1.54) is 0 Å². The second-order valence-electron chi connectivity index (χ2n) is 5.34. The van der Waals surface area contributed by atoms with Crippen LogP contribution in [-0.2, 0) is 4.74 Å². The first-order valence-electron chi connectivity index (χ1n) is 7.26. The molecule has 1 unspecified atom stereocenters. The lowest BCUT2D eigenvalue weighted by atomic mass is 10.0. The molecule has 21 heavy (non-hydrogen) atoms. The standard InChI is InChI=1S/C17H22N2O2/c1-13-9-14(5-3-7-18)11-15(10-13)17(20)19-8-4-6-16(12-19)21-2/h9-11,16H,4,6-8,12,18H2,1-2H3. The minimum absolute atomic E-state index is 0.0521. The Bertz CT molecular complexity index is 572. The third kappa shape index (κ3) is 4.07. The van der Waals surface area contributed by atoms with E-state index in [2.05, 4.69) is 11.8 Å². The first-order chi connectivity index (χ1) is 10.1. The highest BCUT2D eigenvalue weighted by molar-refractivity contribution is 5.95. The van der Waals surface area contributed by atoms with Crippen LogP contribution in [0.15, 0.2) is 18.2 Å². The van der Waals surface area contributed by atoms with Gasteiger partial charge in [-0.15, -0.1) is 0 Å². The molecular weight excluding hydrogens is 264 g/mol. The minimum Gasteiger partial charge on any atom is -0.380 e. The topological polar surface area (TPSA) is 55.6 Å². The fourth-order valence-electron chi connectivity index (χ4n) is 2.63. The monoisotopic (exact) mass is 286 g/mol. The largest absolute Gasteiger partial charge is 0.380 e. The molecule has 0 radical (unpaired) electrons. The highest BCUT2D eigenvalue weighted by Gasteiger charge is 2.24. The number of carbonyl (C=O) groups excluding carboxylic acids is 1. The van der Waals surface area contributed by atoms with E-state index in [-0.39, 0.29) is 12.0 Å². The Morgan fingerprint density at radius 2 is 2.29 bits per heavy atom. The zero-order valence-electron chi connectivity index (χ0n) is 12.7. The molecule has 0 aliphatic carbocycles. The van der Waals surface area contributed by atoms with Crippen molar-refractivity contribution < 1.29 is 9.53 Å². The maximum Gasteiger partial charge on any atom is 0.253 e. The van der Waals surface area contributed by atoms with Crippen LogP contribution in [0.4, 0.5) is 0 Å². The Morgan fingerprint density at radius 1 is 1.48 bits per heavy atom. The van der Waals surface area contributed by atoms with E-state index in [4.69, 9.17) is 10.5 Å². The molecule has 1 aromatic rings. The van der Waals surface area contributed by atoms with Crippen LogP contribution in [0.3, 0.4) is 0 Å². The summed E-state index contributed by atoms with van der Waals surface area (Å²) in [5, 5.41) is 0. The smallest absolute Gasteiger partial charge is 0.253 e. The number of hydrogen-bond donors (Lipinski definition) is 1. The number of aryl methyl sites for hydroxylation is 1. The van der Waals surface area contributed by atoms with Gasteiger partial charge in [0.15, 0.2) is 0 Å². The minimum atomic E-state index is 0.0521. The maximum absolute atomic E-state index is 12.6. The molecule has 1 fully saturated rings. The van der Waals surface area contributed by atoms with Gasteiger partial charge in [0.05, 0.1) is 12.6 Å². The van der Waals surface area contributed by atoms with Gasteiger partial charge in [-0.3, -0.25) is 4.79 Å². The number of benzene rings is 1. The lowest BCUT2D eigenvalue weighted by Gasteiger charge is -2.32. The summed E-state index contributed by atoms with van der Waals surface area (Å²) in [6.45, 7) is 3.74. The molecule has 0 spiro atoms. The average molecular weight is 286 g/mol. The number of hydrogen-bond acceptors (Lipinski definition) is 3. The van der Waals surface area contributed by atoms with Crippen LogP contribution < -0.4 is 5.73 Å². The highest BCUT2D eigenvalue weighted by atomic mass is 16.5. The zero-order valence-corrected chi connectivity index (χ0v) is 12.7. The van der Waals surface area contributed by atoms with E-state index in [0.29, 0.717) is 18.7 Å². The van der Waals surface area contributed by atoms with Gasteiger partial charge >= 0.3 is 0 Å². The Kier molecular flexibility index (Phi) is 5.38. The van der Waals surface area contributed by atoms with Crippen molar-refractivity contribution in [3.8, 4) is 11.8 Å². The van der Waals surface area contributed by atoms with Crippen LogP contribution in [0.2, 0.25) is 0 Å². The molecule has 2 rings (SSSR count). The second-order valence-corrected chi connectivity index (χ2v) is 5.34. The predicted molar refractivity (Wildman–Crippen MR) is 83.0 cm³/mol. The van der Waals surface area contributed by atoms with Gasteiger partial charge in [0.2, 0.25) is 0 Å². The number of nitrogens with two attached hydrogens (primary N) is 1. The van der Waals surface area contributed by atoms with Crippen LogP contribution >= 0.6 is 0 Å². The van der Waals surface area contributed by atoms with Gasteiger partial charge in [-0.2, -0.15) is 0 Å². The summed E-state index contributed by atoms with van der Waals surface area (Å²) < 4.78 is 5.38. The molecule has 4 heteroatoms. The van der Waals surface area contributed by atoms with E-state index < -0.39 is 0 Å². The van der Waals surface area contributed by atoms with E-state index in [0.717, 1.165) is 30.5 Å². The molecule has 1 heterocycles. The van der Waals surface area contributed by atoms with Crippen molar-refractivity contribution in [2.45, 2.75) is 25.9 Å². The molecule has 2 N–H and O–H groups in total. The SMILES string of the molecule is COC1CCCN(C(=O)c2cc(C)cc(C#CCN)c2)C1. The summed E-state index contributed by atoms with van der Waals surface area (Å²) >= 11 is 0. The van der Waals surface area contributed by atoms with Gasteiger partial charge in [-0.05, 0) is 43.5 Å². The Balaban J connectivity index is 2.20. The lowest BCUT2D eigenvalue weighted by molar-refractivity contribution is 0.0269. The quantitative estimate of drug-likeness (QED) is 0.839. The third-order valence-electron chi connectivity index (χ3n) is 3.66. The summed E-state index contributed by atoms with van der Waals surface area (Å²) in [7, 11) is 1.70. The average Bonchev–Trinajstić information content (AvgIpc) is 2.51. The zero-order chi connectivity index (χ0) is 15.2. The molecule has 0 bridgehead atoms. The van der Waals surface area contributed by atoms with E-state index in [1.807, 2.05) is 30.0 Å². The second kappa shape index (κ2) is 7.26. The number of rotatable bonds is 2. The van der Waals surface area contributed by atoms with Gasteiger partial charge in [0, 0.05) is 31.3 Å². The highest BCUT2D eigenvalue weighted by Crippen LogP contribution is 2.17. The molecule has 112 valence electrons. The van der Waals surface area contributed by atoms with Crippen molar-refractivity contribution in [1.82, 2.24) is 4.90 Å². The molecule has 1 aliphatic heterocycles. The van der Waals surface area contributed by atoms with Crippen molar-refractivity contribution in [2.24, 2.45) is 5.73 Å². The number of ether oxygens (including phenoxy) is 1. The van der Waals surface area contributed by atoms with Gasteiger partial charge in [-0.25, -0.2) is 0 Å². The Morgan fingerprint density at radius 3 is 3.00 bits per heavy atom. The van der Waals surface area contributed by atoms with Gasteiger partial charge in [0.1, 0.15) is 0 Å². The Hall–Kier alpha value is -1.83. The van der Waals surface area contributed by atoms with Gasteiger partial charge < -0.3 is 15.4 Å². The molecule has 1 amide bonds. The van der Waals surface area contributed by atoms with Crippen LogP contribution in [0.25, 0.3) is 0 Å². The summed E-state index contributed by atoms with van der Waals surface area (Å²) in [5.41, 5.74) is 7.95. The number of nitrogens with zero attached hydrogens (tertiary/aromatic N) is 1. The lowest BCUT2D eigenvalue weighted by Crippen LogP contribution is -2.42. The molecule has 1 saturated heterocycles. The summed E-state index contributed by atoms with van der Waals surface area (Å²) in [4.78, 5) is 14.5. The number of carbonyl (C=O) groups is 1. The molecule has 1 atom stereocenters. The van der Waals surface area contributed by atoms with Crippen LogP contribution in [0.5, 0.6) is 0 Å². The van der Waals surface area contributed by atoms with Crippen LogP contribution in [0, 0.1) is 18.8 Å². The molecule has 1 aliphatic rings. The fourth-order valence-corrected chi connectivity index (χ4v) is 2.63. The number of piperidine rings is 1. The van der Waals surface area contributed by atoms with Gasteiger partial charge in [-0.1, -0.05) is 11.8 Å². The molecule has 1 aromatic carbocycles. The van der Waals surface area contributed by atoms with Crippen molar-refractivity contribution in [3.05, 3.63) is 34.9 Å². The third-order valence-corrected chi connectivity index (χ3v) is 3.66. The summed E-state index contributed by atoms with van der Waals surface area (Å²) in [5.74, 6) is 5.87. The van der Waals surface area contributed by atoms with Crippen LogP contribution in [-0.4, -0.2) is 43.7 Å². The van der Waals surface area contributed by atoms with Crippen molar-refractivity contribution >= 4 is 5.91 Å². The number of methoxy groups -OCH3 is 1. The first-order valence-corrected chi connectivity index (χ1v) is 7.26. The van der Waals surface area contributed by atoms with Gasteiger partial charge in [0.25, 0.3) is 5.91 Å². The normalized spacial score (nSPS) is 18.0. The van der Waals surface area contributed by atoms with E-state index in [1.54, 1.807) is 7.11 Å². The fraction of sp³-hybridized carbons (Fsp3) is 0.471. The summed E-state index contributed by atoms with van der Waals surface area (Å²) in [6, 6.07) is 5.72. The van der Waals surface area contributed by atoms with Crippen molar-refractivity contribution in [1.29, 1.82) is 0 Å². The van der Waals surface area contributed by atoms with E-state index in [9.17, 15) is 4.79 Å². The van der Waals surface area contributed by atoms with Crippen molar-refractivity contribution in [2.75, 3.05) is 26.7 Å². The van der Waals surface area contributed by atoms with E-state index >= 15 is 0 Å². The Labute approximate surface area is 126 Å².